The van der Waals surface area contributed by atoms with E-state index >= 15 is 0 Å². The maximum Gasteiger partial charge on any atom is 0.573 e. The van der Waals surface area contributed by atoms with E-state index < -0.39 is 6.36 Å². The van der Waals surface area contributed by atoms with Crippen molar-refractivity contribution >= 4 is 10.9 Å². The molecule has 0 saturated carbocycles. The average Bonchev–Trinajstić information content (AvgIpc) is 2.53. The normalized spacial score (nSPS) is 12.1. The zero-order valence-corrected chi connectivity index (χ0v) is 9.51. The van der Waals surface area contributed by atoms with Crippen molar-refractivity contribution in [1.29, 1.82) is 0 Å². The van der Waals surface area contributed by atoms with Gasteiger partial charge in [-0.3, -0.25) is 0 Å². The minimum Gasteiger partial charge on any atom is -0.406 e. The third kappa shape index (κ3) is 2.38. The van der Waals surface area contributed by atoms with Crippen LogP contribution in [0.2, 0.25) is 0 Å². The molecule has 0 amide bonds. The van der Waals surface area contributed by atoms with Crippen molar-refractivity contribution in [2.24, 2.45) is 7.05 Å². The van der Waals surface area contributed by atoms with E-state index in [-0.39, 0.29) is 5.75 Å². The lowest BCUT2D eigenvalue weighted by Crippen LogP contribution is -2.17. The molecule has 17 heavy (non-hydrogen) atoms. The summed E-state index contributed by atoms with van der Waals surface area (Å²) in [6, 6.07) is 4.40. The van der Waals surface area contributed by atoms with Gasteiger partial charge in [-0.2, -0.15) is 0 Å². The predicted molar refractivity (Wildman–Crippen MR) is 59.0 cm³/mol. The Kier molecular flexibility index (Phi) is 2.77. The third-order valence-electron chi connectivity index (χ3n) is 2.66. The van der Waals surface area contributed by atoms with Crippen molar-refractivity contribution in [3.05, 3.63) is 30.0 Å². The van der Waals surface area contributed by atoms with Crippen molar-refractivity contribution in [2.75, 3.05) is 0 Å². The number of aryl methyl sites for hydroxylation is 2. The van der Waals surface area contributed by atoms with Crippen LogP contribution in [0.25, 0.3) is 10.9 Å². The van der Waals surface area contributed by atoms with Crippen LogP contribution in [0.4, 0.5) is 13.2 Å². The number of halogens is 3. The standard InChI is InChI=1S/C12H12F3NO/c1-3-8-7-16(2)11-5-4-9(6-10(8)11)17-12(13,14)15/h4-7H,3H2,1-2H3. The summed E-state index contributed by atoms with van der Waals surface area (Å²) >= 11 is 0. The number of benzene rings is 1. The van der Waals surface area contributed by atoms with E-state index in [1.165, 1.54) is 12.1 Å². The van der Waals surface area contributed by atoms with E-state index in [9.17, 15) is 13.2 Å². The molecule has 0 unspecified atom stereocenters. The number of aromatic nitrogens is 1. The lowest BCUT2D eigenvalue weighted by molar-refractivity contribution is -0.274. The van der Waals surface area contributed by atoms with Gasteiger partial charge in [-0.05, 0) is 30.2 Å². The second-order valence-electron chi connectivity index (χ2n) is 3.85. The molecule has 0 fully saturated rings. The van der Waals surface area contributed by atoms with Crippen LogP contribution in [0.15, 0.2) is 24.4 Å². The molecule has 0 N–H and O–H groups in total. The quantitative estimate of drug-likeness (QED) is 0.785. The van der Waals surface area contributed by atoms with E-state index in [4.69, 9.17) is 0 Å². The van der Waals surface area contributed by atoms with E-state index in [0.717, 1.165) is 22.9 Å². The van der Waals surface area contributed by atoms with Gasteiger partial charge in [-0.1, -0.05) is 6.92 Å². The molecule has 0 aliphatic heterocycles. The second kappa shape index (κ2) is 3.98. The fraction of sp³-hybridized carbons (Fsp3) is 0.333. The summed E-state index contributed by atoms with van der Waals surface area (Å²) < 4.78 is 42.1. The number of ether oxygens (including phenoxy) is 1. The third-order valence-corrected chi connectivity index (χ3v) is 2.66. The van der Waals surface area contributed by atoms with Crippen LogP contribution in [-0.2, 0) is 13.5 Å². The highest BCUT2D eigenvalue weighted by Crippen LogP contribution is 2.29. The van der Waals surface area contributed by atoms with E-state index in [1.807, 2.05) is 24.7 Å². The van der Waals surface area contributed by atoms with Gasteiger partial charge in [0.2, 0.25) is 0 Å². The minimum absolute atomic E-state index is 0.175. The van der Waals surface area contributed by atoms with Crippen LogP contribution in [0.5, 0.6) is 5.75 Å². The largest absolute Gasteiger partial charge is 0.573 e. The van der Waals surface area contributed by atoms with Crippen molar-refractivity contribution < 1.29 is 17.9 Å². The molecule has 2 aromatic rings. The van der Waals surface area contributed by atoms with Crippen LogP contribution < -0.4 is 4.74 Å². The summed E-state index contributed by atoms with van der Waals surface area (Å²) in [5.41, 5.74) is 1.91. The summed E-state index contributed by atoms with van der Waals surface area (Å²) in [6.45, 7) is 1.96. The molecule has 1 aromatic heterocycles. The average molecular weight is 243 g/mol. The van der Waals surface area contributed by atoms with Gasteiger partial charge in [0.05, 0.1) is 0 Å². The molecule has 1 heterocycles. The highest BCUT2D eigenvalue weighted by atomic mass is 19.4. The van der Waals surface area contributed by atoms with Gasteiger partial charge in [-0.25, -0.2) is 0 Å². The number of alkyl halides is 3. The Hall–Kier alpha value is -1.65. The molecule has 0 aliphatic carbocycles. The number of nitrogens with zero attached hydrogens (tertiary/aromatic N) is 1. The Labute approximate surface area is 96.6 Å². The van der Waals surface area contributed by atoms with Crippen molar-refractivity contribution in [3.8, 4) is 5.75 Å². The lowest BCUT2D eigenvalue weighted by atomic mass is 10.1. The van der Waals surface area contributed by atoms with Gasteiger partial charge in [-0.15, -0.1) is 13.2 Å². The van der Waals surface area contributed by atoms with Gasteiger partial charge in [0.25, 0.3) is 0 Å². The zero-order chi connectivity index (χ0) is 12.6. The SMILES string of the molecule is CCc1cn(C)c2ccc(OC(F)(F)F)cc12. The fourth-order valence-electron chi connectivity index (χ4n) is 1.93. The topological polar surface area (TPSA) is 14.2 Å². The van der Waals surface area contributed by atoms with Crippen molar-refractivity contribution in [1.82, 2.24) is 4.57 Å². The maximum absolute atomic E-state index is 12.1. The summed E-state index contributed by atoms with van der Waals surface area (Å²) in [7, 11) is 1.87. The second-order valence-corrected chi connectivity index (χ2v) is 3.85. The molecule has 0 bridgehead atoms. The molecule has 0 spiro atoms. The minimum atomic E-state index is -4.64. The van der Waals surface area contributed by atoms with Crippen LogP contribution in [0.1, 0.15) is 12.5 Å². The predicted octanol–water partition coefficient (Wildman–Crippen LogP) is 3.64. The molecule has 92 valence electrons. The lowest BCUT2D eigenvalue weighted by Gasteiger charge is -2.09. The molecule has 2 rings (SSSR count). The number of fused-ring (bicyclic) bond motifs is 1. The first-order valence-corrected chi connectivity index (χ1v) is 5.24. The molecule has 2 nitrogen and oxygen atoms in total. The molecular formula is C12H12F3NO. The molecule has 5 heteroatoms. The maximum atomic E-state index is 12.1. The van der Waals surface area contributed by atoms with Gasteiger partial charge >= 0.3 is 6.36 Å². The highest BCUT2D eigenvalue weighted by Gasteiger charge is 2.31. The Bertz CT molecular complexity index is 542. The Balaban J connectivity index is 2.49. The summed E-state index contributed by atoms with van der Waals surface area (Å²) in [6.07, 6.45) is -1.95. The van der Waals surface area contributed by atoms with Gasteiger partial charge in [0.15, 0.2) is 0 Å². The van der Waals surface area contributed by atoms with Crippen molar-refractivity contribution in [3.63, 3.8) is 0 Å². The van der Waals surface area contributed by atoms with Crippen LogP contribution >= 0.6 is 0 Å². The Morgan fingerprint density at radius 2 is 2.00 bits per heavy atom. The van der Waals surface area contributed by atoms with E-state index in [0.29, 0.717) is 0 Å². The van der Waals surface area contributed by atoms with Gasteiger partial charge in [0, 0.05) is 24.1 Å². The molecular weight excluding hydrogens is 231 g/mol. The highest BCUT2D eigenvalue weighted by molar-refractivity contribution is 5.85. The summed E-state index contributed by atoms with van der Waals surface area (Å²) in [5.74, 6) is -0.175. The summed E-state index contributed by atoms with van der Waals surface area (Å²) in [4.78, 5) is 0. The van der Waals surface area contributed by atoms with Gasteiger partial charge in [0.1, 0.15) is 5.75 Å². The van der Waals surface area contributed by atoms with Crippen LogP contribution in [0.3, 0.4) is 0 Å². The zero-order valence-electron chi connectivity index (χ0n) is 9.51. The van der Waals surface area contributed by atoms with Crippen LogP contribution in [0, 0.1) is 0 Å². The first-order valence-electron chi connectivity index (χ1n) is 5.24. The molecule has 0 aliphatic rings. The molecule has 0 atom stereocenters. The Morgan fingerprint density at radius 1 is 1.29 bits per heavy atom. The smallest absolute Gasteiger partial charge is 0.406 e. The van der Waals surface area contributed by atoms with Gasteiger partial charge < -0.3 is 9.30 Å². The van der Waals surface area contributed by atoms with Crippen molar-refractivity contribution in [2.45, 2.75) is 19.7 Å². The first kappa shape index (κ1) is 11.8. The van der Waals surface area contributed by atoms with E-state index in [1.54, 1.807) is 6.07 Å². The first-order chi connectivity index (χ1) is 7.90. The van der Waals surface area contributed by atoms with E-state index in [2.05, 4.69) is 4.74 Å². The molecule has 0 saturated heterocycles. The molecule has 0 radical (unpaired) electrons. The van der Waals surface area contributed by atoms with Crippen LogP contribution in [-0.4, -0.2) is 10.9 Å². The number of rotatable bonds is 2. The Morgan fingerprint density at radius 3 is 2.59 bits per heavy atom. The number of hydrogen-bond acceptors (Lipinski definition) is 1. The number of hydrogen-bond donors (Lipinski definition) is 0. The fourth-order valence-corrected chi connectivity index (χ4v) is 1.93. The monoisotopic (exact) mass is 243 g/mol. The summed E-state index contributed by atoms with van der Waals surface area (Å²) in [5, 5.41) is 0.803. The molecule has 1 aromatic carbocycles.